The van der Waals surface area contributed by atoms with Gasteiger partial charge in [0.15, 0.2) is 5.11 Å². The Hall–Kier alpha value is -3.62. The summed E-state index contributed by atoms with van der Waals surface area (Å²) in [4.78, 5) is 36.1. The number of anilines is 1. The van der Waals surface area contributed by atoms with E-state index in [1.165, 1.54) is 0 Å². The molecule has 2 aromatic carbocycles. The molecule has 1 aromatic heterocycles. The number of pyridine rings is 1. The van der Waals surface area contributed by atoms with Crippen molar-refractivity contribution in [2.24, 2.45) is 0 Å². The molecular formula is C29H33N5O2S. The Balaban J connectivity index is 1.53. The normalized spacial score (nSPS) is 13.8. The molecule has 7 nitrogen and oxygen atoms in total. The van der Waals surface area contributed by atoms with Crippen LogP contribution >= 0.6 is 12.2 Å². The molecule has 1 saturated heterocycles. The number of thiocarbonyl (C=S) groups is 1. The van der Waals surface area contributed by atoms with Crippen molar-refractivity contribution in [1.29, 1.82) is 0 Å². The van der Waals surface area contributed by atoms with E-state index < -0.39 is 0 Å². The minimum absolute atomic E-state index is 0.0297. The van der Waals surface area contributed by atoms with Gasteiger partial charge >= 0.3 is 0 Å². The van der Waals surface area contributed by atoms with Crippen LogP contribution < -0.4 is 10.2 Å². The molecule has 0 spiro atoms. The van der Waals surface area contributed by atoms with E-state index in [1.807, 2.05) is 53.1 Å². The lowest BCUT2D eigenvalue weighted by Gasteiger charge is -2.32. The molecule has 1 N–H and O–H groups in total. The van der Waals surface area contributed by atoms with Gasteiger partial charge in [-0.05, 0) is 68.0 Å². The molecule has 2 amide bonds. The SMILES string of the molecule is CCCN(C(=S)NC(=O)c1ccccc1)c1cc(-c2ccc(C(=O)N3CCN(C)CC3)nc2)ccc1C. The molecule has 1 fully saturated rings. The Morgan fingerprint density at radius 3 is 2.35 bits per heavy atom. The van der Waals surface area contributed by atoms with Gasteiger partial charge in [0.05, 0.1) is 0 Å². The van der Waals surface area contributed by atoms with Gasteiger partial charge in [-0.2, -0.15) is 0 Å². The fourth-order valence-electron chi connectivity index (χ4n) is 4.32. The molecule has 3 aromatic rings. The number of hydrogen-bond donors (Lipinski definition) is 1. The zero-order valence-electron chi connectivity index (χ0n) is 21.6. The molecule has 2 heterocycles. The molecule has 37 heavy (non-hydrogen) atoms. The molecule has 0 atom stereocenters. The van der Waals surface area contributed by atoms with Crippen molar-refractivity contribution in [2.75, 3.05) is 44.7 Å². The molecule has 8 heteroatoms. The number of nitrogens with zero attached hydrogens (tertiary/aromatic N) is 4. The van der Waals surface area contributed by atoms with Crippen LogP contribution in [-0.2, 0) is 0 Å². The lowest BCUT2D eigenvalue weighted by atomic mass is 10.0. The topological polar surface area (TPSA) is 68.8 Å². The number of rotatable bonds is 6. The van der Waals surface area contributed by atoms with Gasteiger partial charge in [0, 0.05) is 55.7 Å². The van der Waals surface area contributed by atoms with Gasteiger partial charge in [-0.15, -0.1) is 0 Å². The second-order valence-corrected chi connectivity index (χ2v) is 9.69. The van der Waals surface area contributed by atoms with Crippen LogP contribution in [0.3, 0.4) is 0 Å². The maximum atomic E-state index is 12.9. The number of likely N-dealkylation sites (N-methyl/N-ethyl adjacent to an activating group) is 1. The van der Waals surface area contributed by atoms with E-state index in [0.717, 1.165) is 41.9 Å². The van der Waals surface area contributed by atoms with Crippen molar-refractivity contribution >= 4 is 34.8 Å². The van der Waals surface area contributed by atoms with Gasteiger partial charge in [-0.1, -0.05) is 43.3 Å². The number of carbonyl (C=O) groups is 2. The Morgan fingerprint density at radius 1 is 1.00 bits per heavy atom. The number of benzene rings is 2. The minimum atomic E-state index is -0.231. The molecule has 1 aliphatic rings. The summed E-state index contributed by atoms with van der Waals surface area (Å²) >= 11 is 5.67. The Bertz CT molecular complexity index is 1260. The van der Waals surface area contributed by atoms with E-state index in [0.29, 0.717) is 36.0 Å². The summed E-state index contributed by atoms with van der Waals surface area (Å²) in [7, 11) is 2.07. The first-order valence-corrected chi connectivity index (χ1v) is 13.0. The van der Waals surface area contributed by atoms with E-state index in [1.54, 1.807) is 24.4 Å². The number of amides is 2. The predicted octanol–water partition coefficient (Wildman–Crippen LogP) is 4.38. The maximum Gasteiger partial charge on any atom is 0.272 e. The molecular weight excluding hydrogens is 482 g/mol. The average Bonchev–Trinajstić information content (AvgIpc) is 2.93. The van der Waals surface area contributed by atoms with Crippen molar-refractivity contribution in [3.63, 3.8) is 0 Å². The Morgan fingerprint density at radius 2 is 1.70 bits per heavy atom. The van der Waals surface area contributed by atoms with Crippen molar-refractivity contribution in [2.45, 2.75) is 20.3 Å². The summed E-state index contributed by atoms with van der Waals surface area (Å²) in [5.41, 5.74) is 4.86. The third kappa shape index (κ3) is 6.39. The van der Waals surface area contributed by atoms with Crippen LogP contribution in [-0.4, -0.2) is 71.5 Å². The smallest absolute Gasteiger partial charge is 0.272 e. The van der Waals surface area contributed by atoms with Crippen LogP contribution in [0.25, 0.3) is 11.1 Å². The van der Waals surface area contributed by atoms with Crippen molar-refractivity contribution in [1.82, 2.24) is 20.1 Å². The minimum Gasteiger partial charge on any atom is -0.335 e. The zero-order chi connectivity index (χ0) is 26.4. The number of hydrogen-bond acceptors (Lipinski definition) is 5. The van der Waals surface area contributed by atoms with Gasteiger partial charge in [-0.25, -0.2) is 0 Å². The molecule has 0 saturated carbocycles. The molecule has 0 aliphatic carbocycles. The lowest BCUT2D eigenvalue weighted by molar-refractivity contribution is 0.0658. The van der Waals surface area contributed by atoms with Gasteiger partial charge in [-0.3, -0.25) is 19.9 Å². The second-order valence-electron chi connectivity index (χ2n) is 9.31. The van der Waals surface area contributed by atoms with Crippen molar-refractivity contribution in [3.8, 4) is 11.1 Å². The summed E-state index contributed by atoms with van der Waals surface area (Å²) in [6.45, 7) is 7.94. The molecule has 0 radical (unpaired) electrons. The first-order valence-electron chi connectivity index (χ1n) is 12.6. The summed E-state index contributed by atoms with van der Waals surface area (Å²) in [5.74, 6) is -0.261. The fraction of sp³-hybridized carbons (Fsp3) is 0.310. The standard InChI is InChI=1S/C29H33N5O2S/c1-4-14-34(29(37)31-27(35)22-8-6-5-7-9-22)26-19-23(11-10-21(26)2)24-12-13-25(30-20-24)28(36)33-17-15-32(3)16-18-33/h5-13,19-20H,4,14-18H2,1-3H3,(H,31,35,37). The first kappa shape index (κ1) is 26.4. The van der Waals surface area contributed by atoms with Crippen LogP contribution in [0, 0.1) is 6.92 Å². The first-order chi connectivity index (χ1) is 17.9. The van der Waals surface area contributed by atoms with E-state index >= 15 is 0 Å². The van der Waals surface area contributed by atoms with Gasteiger partial charge < -0.3 is 14.7 Å². The molecule has 192 valence electrons. The zero-order valence-corrected chi connectivity index (χ0v) is 22.4. The van der Waals surface area contributed by atoms with E-state index in [2.05, 4.69) is 35.2 Å². The highest BCUT2D eigenvalue weighted by molar-refractivity contribution is 7.80. The highest BCUT2D eigenvalue weighted by Crippen LogP contribution is 2.28. The quantitative estimate of drug-likeness (QED) is 0.492. The van der Waals surface area contributed by atoms with Crippen LogP contribution in [0.15, 0.2) is 66.9 Å². The predicted molar refractivity (Wildman–Crippen MR) is 152 cm³/mol. The van der Waals surface area contributed by atoms with Gasteiger partial charge in [0.2, 0.25) is 0 Å². The van der Waals surface area contributed by atoms with Crippen LogP contribution in [0.1, 0.15) is 39.8 Å². The van der Waals surface area contributed by atoms with E-state index in [9.17, 15) is 9.59 Å². The Labute approximate surface area is 224 Å². The molecule has 1 aliphatic heterocycles. The molecule has 0 bridgehead atoms. The van der Waals surface area contributed by atoms with E-state index in [4.69, 9.17) is 12.2 Å². The second kappa shape index (κ2) is 12.1. The van der Waals surface area contributed by atoms with Crippen molar-refractivity contribution in [3.05, 3.63) is 83.7 Å². The summed E-state index contributed by atoms with van der Waals surface area (Å²) in [6, 6.07) is 18.9. The van der Waals surface area contributed by atoms with E-state index in [-0.39, 0.29) is 11.8 Å². The van der Waals surface area contributed by atoms with Crippen LogP contribution in [0.2, 0.25) is 0 Å². The third-order valence-electron chi connectivity index (χ3n) is 6.56. The molecule has 4 rings (SSSR count). The summed E-state index contributed by atoms with van der Waals surface area (Å²) in [5, 5.41) is 3.24. The van der Waals surface area contributed by atoms with Gasteiger partial charge in [0.25, 0.3) is 11.8 Å². The average molecular weight is 516 g/mol. The number of aromatic nitrogens is 1. The van der Waals surface area contributed by atoms with Crippen molar-refractivity contribution < 1.29 is 9.59 Å². The maximum absolute atomic E-state index is 12.9. The number of piperazine rings is 1. The molecule has 0 unspecified atom stereocenters. The lowest BCUT2D eigenvalue weighted by Crippen LogP contribution is -2.47. The third-order valence-corrected chi connectivity index (χ3v) is 6.88. The summed E-state index contributed by atoms with van der Waals surface area (Å²) < 4.78 is 0. The van der Waals surface area contributed by atoms with Crippen LogP contribution in [0.4, 0.5) is 5.69 Å². The highest BCUT2D eigenvalue weighted by Gasteiger charge is 2.22. The van der Waals surface area contributed by atoms with Crippen LogP contribution in [0.5, 0.6) is 0 Å². The largest absolute Gasteiger partial charge is 0.335 e. The number of nitrogens with one attached hydrogen (secondary N) is 1. The highest BCUT2D eigenvalue weighted by atomic mass is 32.1. The fourth-order valence-corrected chi connectivity index (χ4v) is 4.61. The monoisotopic (exact) mass is 515 g/mol. The number of carbonyl (C=O) groups excluding carboxylic acids is 2. The summed E-state index contributed by atoms with van der Waals surface area (Å²) in [6.07, 6.45) is 2.60. The Kier molecular flexibility index (Phi) is 8.63. The number of aryl methyl sites for hydroxylation is 1. The van der Waals surface area contributed by atoms with Gasteiger partial charge in [0.1, 0.15) is 5.69 Å².